The van der Waals surface area contributed by atoms with E-state index in [0.29, 0.717) is 0 Å². The Morgan fingerprint density at radius 3 is 2.36 bits per heavy atom. The van der Waals surface area contributed by atoms with Crippen LogP contribution in [-0.2, 0) is 19.1 Å². The molecular formula is C7H7F3O4. The molecule has 0 aliphatic heterocycles. The summed E-state index contributed by atoms with van der Waals surface area (Å²) >= 11 is 0. The second-order valence-electron chi connectivity index (χ2n) is 2.02. The van der Waals surface area contributed by atoms with Gasteiger partial charge in [0.15, 0.2) is 0 Å². The van der Waals surface area contributed by atoms with Gasteiger partial charge in [-0.25, -0.2) is 22.8 Å². The molecule has 0 aromatic carbocycles. The van der Waals surface area contributed by atoms with Gasteiger partial charge in [-0.2, -0.15) is 0 Å². The lowest BCUT2D eigenvalue weighted by atomic mass is 10.5. The molecule has 0 aromatic heterocycles. The van der Waals surface area contributed by atoms with Crippen LogP contribution in [0.15, 0.2) is 11.9 Å². The molecule has 0 bridgehead atoms. The van der Waals surface area contributed by atoms with E-state index in [4.69, 9.17) is 0 Å². The number of carbonyl (C=O) groups excluding carboxylic acids is 2. The Labute approximate surface area is 77.3 Å². The highest BCUT2D eigenvalue weighted by molar-refractivity contribution is 6.29. The summed E-state index contributed by atoms with van der Waals surface area (Å²) in [6, 6.07) is 0. The number of hydrogen-bond acceptors (Lipinski definition) is 4. The third kappa shape index (κ3) is 5.18. The predicted molar refractivity (Wildman–Crippen MR) is 38.2 cm³/mol. The summed E-state index contributed by atoms with van der Waals surface area (Å²) < 4.78 is 43.2. The second-order valence-corrected chi connectivity index (χ2v) is 2.02. The Morgan fingerprint density at radius 1 is 1.36 bits per heavy atom. The number of methoxy groups -OCH3 is 1. The van der Waals surface area contributed by atoms with E-state index < -0.39 is 30.8 Å². The van der Waals surface area contributed by atoms with Crippen LogP contribution in [0.1, 0.15) is 0 Å². The van der Waals surface area contributed by atoms with Crippen molar-refractivity contribution in [3.8, 4) is 0 Å². The first-order valence-electron chi connectivity index (χ1n) is 3.36. The fourth-order valence-electron chi connectivity index (χ4n) is 0.462. The summed E-state index contributed by atoms with van der Waals surface area (Å²) in [4.78, 5) is 20.8. The number of esters is 2. The Kier molecular flexibility index (Phi) is 5.35. The maximum absolute atomic E-state index is 12.3. The average molecular weight is 212 g/mol. The van der Waals surface area contributed by atoms with Crippen molar-refractivity contribution in [3.05, 3.63) is 11.9 Å². The van der Waals surface area contributed by atoms with E-state index in [1.54, 1.807) is 0 Å². The predicted octanol–water partition coefficient (Wildman–Crippen LogP) is 0.821. The molecule has 0 radical (unpaired) electrons. The van der Waals surface area contributed by atoms with Gasteiger partial charge in [0.05, 0.1) is 7.11 Å². The summed E-state index contributed by atoms with van der Waals surface area (Å²) in [7, 11) is 0.926. The minimum Gasteiger partial charge on any atom is -0.461 e. The Hall–Kier alpha value is -1.53. The largest absolute Gasteiger partial charge is 0.461 e. The molecule has 0 fully saturated rings. The Balaban J connectivity index is 3.95. The van der Waals surface area contributed by atoms with Gasteiger partial charge in [0.1, 0.15) is 12.4 Å². The third-order valence-corrected chi connectivity index (χ3v) is 1.00. The van der Waals surface area contributed by atoms with E-state index in [9.17, 15) is 22.8 Å². The van der Waals surface area contributed by atoms with Crippen LogP contribution >= 0.6 is 0 Å². The van der Waals surface area contributed by atoms with Gasteiger partial charge in [-0.1, -0.05) is 0 Å². The summed E-state index contributed by atoms with van der Waals surface area (Å²) in [5.74, 6) is -4.10. The zero-order chi connectivity index (χ0) is 11.1. The van der Waals surface area contributed by atoms with Gasteiger partial charge in [-0.05, 0) is 0 Å². The highest BCUT2D eigenvalue weighted by Gasteiger charge is 2.16. The molecule has 0 rings (SSSR count). The van der Waals surface area contributed by atoms with Crippen LogP contribution in [0.2, 0.25) is 0 Å². The van der Waals surface area contributed by atoms with E-state index in [2.05, 4.69) is 9.47 Å². The summed E-state index contributed by atoms with van der Waals surface area (Å²) in [6.07, 6.45) is -3.02. The van der Waals surface area contributed by atoms with E-state index in [-0.39, 0.29) is 6.08 Å². The first-order valence-corrected chi connectivity index (χ1v) is 3.36. The number of ether oxygens (including phenoxy) is 2. The Bertz CT molecular complexity index is 249. The first kappa shape index (κ1) is 12.5. The van der Waals surface area contributed by atoms with E-state index in [1.807, 2.05) is 0 Å². The van der Waals surface area contributed by atoms with E-state index in [1.165, 1.54) is 0 Å². The molecule has 14 heavy (non-hydrogen) atoms. The second kappa shape index (κ2) is 6.01. The van der Waals surface area contributed by atoms with Gasteiger partial charge < -0.3 is 9.47 Å². The number of carbonyl (C=O) groups is 2. The van der Waals surface area contributed by atoms with Crippen molar-refractivity contribution in [3.63, 3.8) is 0 Å². The maximum Gasteiger partial charge on any atom is 0.417 e. The summed E-state index contributed by atoms with van der Waals surface area (Å²) in [5.41, 5.74) is 0. The lowest BCUT2D eigenvalue weighted by Crippen LogP contribution is -2.19. The topological polar surface area (TPSA) is 52.6 Å². The van der Waals surface area contributed by atoms with Crippen LogP contribution in [-0.4, -0.2) is 32.1 Å². The molecule has 0 amide bonds. The van der Waals surface area contributed by atoms with Gasteiger partial charge in [0, 0.05) is 6.08 Å². The molecule has 0 N–H and O–H groups in total. The SMILES string of the molecule is COC(=O)C(=O)OCC(F)=CC(F)F. The monoisotopic (exact) mass is 212 g/mol. The van der Waals surface area contributed by atoms with Crippen LogP contribution in [0.4, 0.5) is 13.2 Å². The van der Waals surface area contributed by atoms with Gasteiger partial charge in [-0.3, -0.25) is 0 Å². The zero-order valence-corrected chi connectivity index (χ0v) is 7.13. The highest BCUT2D eigenvalue weighted by atomic mass is 19.3. The Morgan fingerprint density at radius 2 is 1.93 bits per heavy atom. The van der Waals surface area contributed by atoms with Crippen LogP contribution < -0.4 is 0 Å². The van der Waals surface area contributed by atoms with Gasteiger partial charge >= 0.3 is 11.9 Å². The third-order valence-electron chi connectivity index (χ3n) is 1.00. The molecule has 7 heteroatoms. The minimum atomic E-state index is -2.98. The molecule has 80 valence electrons. The lowest BCUT2D eigenvalue weighted by molar-refractivity contribution is -0.165. The molecule has 0 heterocycles. The van der Waals surface area contributed by atoms with Crippen LogP contribution in [0.5, 0.6) is 0 Å². The lowest BCUT2D eigenvalue weighted by Gasteiger charge is -2.00. The van der Waals surface area contributed by atoms with Gasteiger partial charge in [-0.15, -0.1) is 0 Å². The highest BCUT2D eigenvalue weighted by Crippen LogP contribution is 2.03. The van der Waals surface area contributed by atoms with Gasteiger partial charge in [0.25, 0.3) is 6.43 Å². The molecule has 4 nitrogen and oxygen atoms in total. The number of alkyl halides is 2. The molecular weight excluding hydrogens is 205 g/mol. The van der Waals surface area contributed by atoms with Gasteiger partial charge in [0.2, 0.25) is 0 Å². The fourth-order valence-corrected chi connectivity index (χ4v) is 0.462. The summed E-state index contributed by atoms with van der Waals surface area (Å²) in [6.45, 7) is -1.02. The van der Waals surface area contributed by atoms with Crippen molar-refractivity contribution in [1.29, 1.82) is 0 Å². The van der Waals surface area contributed by atoms with Crippen molar-refractivity contribution >= 4 is 11.9 Å². The normalized spacial score (nSPS) is 11.4. The molecule has 0 unspecified atom stereocenters. The van der Waals surface area contributed by atoms with E-state index >= 15 is 0 Å². The molecule has 0 spiro atoms. The van der Waals surface area contributed by atoms with Crippen LogP contribution in [0.25, 0.3) is 0 Å². The summed E-state index contributed by atoms with van der Waals surface area (Å²) in [5, 5.41) is 0. The van der Waals surface area contributed by atoms with Crippen molar-refractivity contribution in [2.24, 2.45) is 0 Å². The molecule has 0 aliphatic rings. The van der Waals surface area contributed by atoms with Crippen molar-refractivity contribution < 1.29 is 32.2 Å². The molecule has 0 saturated heterocycles. The number of rotatable bonds is 3. The van der Waals surface area contributed by atoms with Crippen molar-refractivity contribution in [2.45, 2.75) is 6.43 Å². The van der Waals surface area contributed by atoms with E-state index in [0.717, 1.165) is 7.11 Å². The minimum absolute atomic E-state index is 0.0371. The quantitative estimate of drug-likeness (QED) is 0.513. The zero-order valence-electron chi connectivity index (χ0n) is 7.13. The number of halogens is 3. The average Bonchev–Trinajstić information content (AvgIpc) is 2.11. The fraction of sp³-hybridized carbons (Fsp3) is 0.429. The molecule has 0 aromatic rings. The number of hydrogen-bond donors (Lipinski definition) is 0. The van der Waals surface area contributed by atoms with Crippen molar-refractivity contribution in [2.75, 3.05) is 13.7 Å². The maximum atomic E-state index is 12.3. The first-order chi connectivity index (χ1) is 6.47. The van der Waals surface area contributed by atoms with Crippen LogP contribution in [0, 0.1) is 0 Å². The smallest absolute Gasteiger partial charge is 0.417 e. The molecule has 0 atom stereocenters. The molecule has 0 saturated carbocycles. The number of allylic oxidation sites excluding steroid dienone is 1. The van der Waals surface area contributed by atoms with Crippen molar-refractivity contribution in [1.82, 2.24) is 0 Å². The standard InChI is InChI=1S/C7H7F3O4/c1-13-6(11)7(12)14-3-4(8)2-5(9)10/h2,5H,3H2,1H3. The molecule has 0 aliphatic carbocycles. The van der Waals surface area contributed by atoms with Crippen LogP contribution in [0.3, 0.4) is 0 Å².